The molecule has 0 N–H and O–H groups in total. The van der Waals surface area contributed by atoms with E-state index in [0.29, 0.717) is 23.1 Å². The molecule has 2 rings (SSSR count). The number of carbonyl (C=O) groups is 1. The van der Waals surface area contributed by atoms with Gasteiger partial charge < -0.3 is 14.4 Å². The number of rotatable bonds is 4. The van der Waals surface area contributed by atoms with E-state index in [4.69, 9.17) is 9.47 Å². The van der Waals surface area contributed by atoms with E-state index in [1.165, 1.54) is 0 Å². The highest BCUT2D eigenvalue weighted by Gasteiger charge is 2.30. The number of carbonyl (C=O) groups excluding carboxylic acids is 1. The highest BCUT2D eigenvalue weighted by molar-refractivity contribution is 5.95. The highest BCUT2D eigenvalue weighted by atomic mass is 16.5. The molecule has 0 unspecified atom stereocenters. The molecule has 0 radical (unpaired) electrons. The van der Waals surface area contributed by atoms with Gasteiger partial charge in [-0.05, 0) is 25.0 Å². The zero-order valence-corrected chi connectivity index (χ0v) is 10.4. The number of ether oxygens (including phenoxy) is 2. The number of hydrogen-bond acceptors (Lipinski definition) is 3. The molecule has 4 nitrogen and oxygen atoms in total. The quantitative estimate of drug-likeness (QED) is 0.800. The van der Waals surface area contributed by atoms with Crippen molar-refractivity contribution in [3.8, 4) is 11.5 Å². The maximum absolute atomic E-state index is 12.2. The van der Waals surface area contributed by atoms with E-state index in [0.717, 1.165) is 12.8 Å². The largest absolute Gasteiger partial charge is 0.497 e. The second-order valence-electron chi connectivity index (χ2n) is 4.25. The molecule has 0 spiro atoms. The van der Waals surface area contributed by atoms with Crippen LogP contribution in [0, 0.1) is 0 Å². The van der Waals surface area contributed by atoms with Gasteiger partial charge in [-0.25, -0.2) is 0 Å². The molecule has 0 heterocycles. The van der Waals surface area contributed by atoms with Crippen molar-refractivity contribution < 1.29 is 14.3 Å². The minimum Gasteiger partial charge on any atom is -0.497 e. The van der Waals surface area contributed by atoms with Crippen LogP contribution in [0.25, 0.3) is 0 Å². The summed E-state index contributed by atoms with van der Waals surface area (Å²) in [5, 5.41) is 0. The van der Waals surface area contributed by atoms with E-state index in [9.17, 15) is 4.79 Å². The van der Waals surface area contributed by atoms with Crippen LogP contribution in [-0.2, 0) is 0 Å². The topological polar surface area (TPSA) is 38.8 Å². The fraction of sp³-hybridized carbons (Fsp3) is 0.462. The molecule has 1 amide bonds. The van der Waals surface area contributed by atoms with Crippen LogP contribution in [0.4, 0.5) is 0 Å². The van der Waals surface area contributed by atoms with Crippen LogP contribution in [0.5, 0.6) is 11.5 Å². The second kappa shape index (κ2) is 4.65. The minimum absolute atomic E-state index is 0.0182. The van der Waals surface area contributed by atoms with Crippen LogP contribution < -0.4 is 9.47 Å². The Morgan fingerprint density at radius 3 is 2.12 bits per heavy atom. The first kappa shape index (κ1) is 11.8. The van der Waals surface area contributed by atoms with Crippen LogP contribution in [0.2, 0.25) is 0 Å². The van der Waals surface area contributed by atoms with Gasteiger partial charge in [0, 0.05) is 24.7 Å². The lowest BCUT2D eigenvalue weighted by molar-refractivity contribution is 0.0784. The molecule has 92 valence electrons. The maximum Gasteiger partial charge on any atom is 0.254 e. The van der Waals surface area contributed by atoms with Gasteiger partial charge in [0.15, 0.2) is 0 Å². The van der Waals surface area contributed by atoms with E-state index < -0.39 is 0 Å². The van der Waals surface area contributed by atoms with Gasteiger partial charge >= 0.3 is 0 Å². The first-order valence-corrected chi connectivity index (χ1v) is 5.66. The van der Waals surface area contributed by atoms with E-state index in [-0.39, 0.29) is 5.91 Å². The molecule has 0 aromatic heterocycles. The smallest absolute Gasteiger partial charge is 0.254 e. The Morgan fingerprint density at radius 2 is 1.71 bits per heavy atom. The molecule has 17 heavy (non-hydrogen) atoms. The van der Waals surface area contributed by atoms with Crippen molar-refractivity contribution in [3.63, 3.8) is 0 Å². The fourth-order valence-corrected chi connectivity index (χ4v) is 1.76. The Bertz CT molecular complexity index is 404. The number of hydrogen-bond donors (Lipinski definition) is 0. The lowest BCUT2D eigenvalue weighted by Gasteiger charge is -2.17. The van der Waals surface area contributed by atoms with Crippen LogP contribution in [0.3, 0.4) is 0 Å². The number of amides is 1. The average Bonchev–Trinajstić information content (AvgIpc) is 3.20. The van der Waals surface area contributed by atoms with Gasteiger partial charge in [0.2, 0.25) is 0 Å². The predicted octanol–water partition coefficient (Wildman–Crippen LogP) is 1.94. The number of benzene rings is 1. The summed E-state index contributed by atoms with van der Waals surface area (Å²) < 4.78 is 10.3. The molecule has 1 aromatic rings. The molecule has 4 heteroatoms. The first-order valence-electron chi connectivity index (χ1n) is 5.66. The zero-order chi connectivity index (χ0) is 12.4. The summed E-state index contributed by atoms with van der Waals surface area (Å²) in [5.41, 5.74) is 0.607. The lowest BCUT2D eigenvalue weighted by atomic mass is 10.1. The van der Waals surface area contributed by atoms with Crippen LogP contribution in [0.15, 0.2) is 18.2 Å². The molecule has 0 saturated heterocycles. The molecule has 1 saturated carbocycles. The van der Waals surface area contributed by atoms with Crippen molar-refractivity contribution in [2.24, 2.45) is 0 Å². The Hall–Kier alpha value is -1.71. The van der Waals surface area contributed by atoms with Crippen LogP contribution in [0.1, 0.15) is 23.2 Å². The van der Waals surface area contributed by atoms with E-state index in [2.05, 4.69) is 0 Å². The van der Waals surface area contributed by atoms with Crippen molar-refractivity contribution in [2.75, 3.05) is 21.3 Å². The Balaban J connectivity index is 2.26. The summed E-state index contributed by atoms with van der Waals surface area (Å²) in [6, 6.07) is 5.64. The van der Waals surface area contributed by atoms with E-state index in [1.807, 2.05) is 7.05 Å². The van der Waals surface area contributed by atoms with Crippen molar-refractivity contribution in [1.29, 1.82) is 0 Å². The number of methoxy groups -OCH3 is 2. The SMILES string of the molecule is COc1cc(OC)cc(C(=O)N(C)C2CC2)c1. The van der Waals surface area contributed by atoms with Gasteiger partial charge in [-0.1, -0.05) is 0 Å². The normalized spacial score (nSPS) is 14.3. The maximum atomic E-state index is 12.2. The minimum atomic E-state index is 0.0182. The Kier molecular flexibility index (Phi) is 3.22. The van der Waals surface area contributed by atoms with Crippen LogP contribution in [-0.4, -0.2) is 38.1 Å². The molecular weight excluding hydrogens is 218 g/mol. The second-order valence-corrected chi connectivity index (χ2v) is 4.25. The molecule has 1 aliphatic carbocycles. The third-order valence-corrected chi connectivity index (χ3v) is 3.01. The van der Waals surface area contributed by atoms with E-state index >= 15 is 0 Å². The summed E-state index contributed by atoms with van der Waals surface area (Å²) in [4.78, 5) is 14.0. The van der Waals surface area contributed by atoms with Crippen molar-refractivity contribution >= 4 is 5.91 Å². The molecule has 1 aliphatic rings. The van der Waals surface area contributed by atoms with Gasteiger partial charge in [-0.2, -0.15) is 0 Å². The average molecular weight is 235 g/mol. The van der Waals surface area contributed by atoms with E-state index in [1.54, 1.807) is 37.3 Å². The summed E-state index contributed by atoms with van der Waals surface area (Å²) >= 11 is 0. The summed E-state index contributed by atoms with van der Waals surface area (Å²) in [6.07, 6.45) is 2.20. The fourth-order valence-electron chi connectivity index (χ4n) is 1.76. The molecule has 0 bridgehead atoms. The summed E-state index contributed by atoms with van der Waals surface area (Å²) in [5.74, 6) is 1.29. The predicted molar refractivity (Wildman–Crippen MR) is 64.7 cm³/mol. The van der Waals surface area contributed by atoms with Crippen molar-refractivity contribution in [1.82, 2.24) is 4.90 Å². The molecular formula is C13H17NO3. The highest BCUT2D eigenvalue weighted by Crippen LogP contribution is 2.29. The van der Waals surface area contributed by atoms with Gasteiger partial charge in [0.1, 0.15) is 11.5 Å². The Labute approximate surface area is 101 Å². The third kappa shape index (κ3) is 2.52. The monoisotopic (exact) mass is 235 g/mol. The molecule has 0 atom stereocenters. The van der Waals surface area contributed by atoms with Gasteiger partial charge in [-0.3, -0.25) is 4.79 Å². The Morgan fingerprint density at radius 1 is 1.18 bits per heavy atom. The van der Waals surface area contributed by atoms with Gasteiger partial charge in [0.25, 0.3) is 5.91 Å². The first-order chi connectivity index (χ1) is 8.15. The van der Waals surface area contributed by atoms with Gasteiger partial charge in [-0.15, -0.1) is 0 Å². The van der Waals surface area contributed by atoms with Crippen molar-refractivity contribution in [3.05, 3.63) is 23.8 Å². The molecule has 1 aromatic carbocycles. The summed E-state index contributed by atoms with van der Waals surface area (Å²) in [6.45, 7) is 0. The zero-order valence-electron chi connectivity index (χ0n) is 10.4. The summed E-state index contributed by atoms with van der Waals surface area (Å²) in [7, 11) is 4.99. The lowest BCUT2D eigenvalue weighted by Crippen LogP contribution is -2.28. The third-order valence-electron chi connectivity index (χ3n) is 3.01. The number of nitrogens with zero attached hydrogens (tertiary/aromatic N) is 1. The standard InChI is InChI=1S/C13H17NO3/c1-14(10-4-5-10)13(15)9-6-11(16-2)8-12(7-9)17-3/h6-8,10H,4-5H2,1-3H3. The molecule has 0 aliphatic heterocycles. The van der Waals surface area contributed by atoms with Gasteiger partial charge in [0.05, 0.1) is 14.2 Å². The van der Waals surface area contributed by atoms with Crippen molar-refractivity contribution in [2.45, 2.75) is 18.9 Å². The molecule has 1 fully saturated rings. The van der Waals surface area contributed by atoms with Crippen LogP contribution >= 0.6 is 0 Å².